The zero-order valence-electron chi connectivity index (χ0n) is 16.7. The summed E-state index contributed by atoms with van der Waals surface area (Å²) in [4.78, 5) is 23.3. The van der Waals surface area contributed by atoms with E-state index in [2.05, 4.69) is 0 Å². The molecule has 2 aromatic rings. The van der Waals surface area contributed by atoms with Gasteiger partial charge in [0.15, 0.2) is 11.7 Å². The maximum atomic E-state index is 11.7. The normalized spacial score (nSPS) is 37.4. The Morgan fingerprint density at radius 3 is 2.28 bits per heavy atom. The zero-order valence-corrected chi connectivity index (χ0v) is 16.7. The molecule has 158 valence electrons. The second-order valence-corrected chi connectivity index (χ2v) is 8.08. The lowest BCUT2D eigenvalue weighted by atomic mass is 9.65. The number of rotatable bonds is 3. The second-order valence-electron chi connectivity index (χ2n) is 8.08. The van der Waals surface area contributed by atoms with Crippen LogP contribution in [0.1, 0.15) is 33.3 Å². The molecule has 0 aliphatic carbocycles. The Hall–Kier alpha value is -2.46. The number of aryl methyl sites for hydroxylation is 1. The summed E-state index contributed by atoms with van der Waals surface area (Å²) in [7, 11) is 0. The average Bonchev–Trinajstić information content (AvgIpc) is 2.57. The number of aliphatic carboxylic acids is 1. The predicted molar refractivity (Wildman–Crippen MR) is 101 cm³/mol. The lowest BCUT2D eigenvalue weighted by Crippen LogP contribution is -2.82. The molecule has 1 saturated heterocycles. The van der Waals surface area contributed by atoms with Crippen LogP contribution in [0.2, 0.25) is 0 Å². The van der Waals surface area contributed by atoms with Crippen LogP contribution in [0.4, 0.5) is 0 Å². The number of fused-ring (bicyclic) bond motifs is 1. The largest absolute Gasteiger partial charge is 0.479 e. The van der Waals surface area contributed by atoms with E-state index in [1.165, 1.54) is 32.0 Å². The van der Waals surface area contributed by atoms with Gasteiger partial charge < -0.3 is 34.3 Å². The average molecular weight is 408 g/mol. The fraction of sp³-hybridized carbons (Fsp3) is 0.500. The molecular formula is C20H24O9. The fourth-order valence-corrected chi connectivity index (χ4v) is 3.65. The molecule has 0 bridgehead atoms. The topological polar surface area (TPSA) is 147 Å². The van der Waals surface area contributed by atoms with Crippen LogP contribution in [-0.2, 0) is 9.53 Å². The summed E-state index contributed by atoms with van der Waals surface area (Å²) in [5.41, 5.74) is -6.56. The van der Waals surface area contributed by atoms with E-state index in [1.54, 1.807) is 13.0 Å². The Balaban J connectivity index is 2.10. The number of carboxylic acid groups (broad SMARTS) is 1. The Morgan fingerprint density at radius 1 is 1.07 bits per heavy atom. The van der Waals surface area contributed by atoms with Crippen molar-refractivity contribution < 1.29 is 39.1 Å². The molecule has 0 spiro atoms. The second kappa shape index (κ2) is 6.27. The summed E-state index contributed by atoms with van der Waals surface area (Å²) in [6.07, 6.45) is -1.90. The summed E-state index contributed by atoms with van der Waals surface area (Å²) in [6, 6.07) is 5.89. The van der Waals surface area contributed by atoms with Crippen LogP contribution in [0.3, 0.4) is 0 Å². The Morgan fingerprint density at radius 2 is 1.69 bits per heavy atom. The number of aliphatic hydroxyl groups is 3. The zero-order chi connectivity index (χ0) is 22.0. The van der Waals surface area contributed by atoms with E-state index in [0.29, 0.717) is 10.9 Å². The van der Waals surface area contributed by atoms with E-state index in [1.807, 2.05) is 0 Å². The Bertz CT molecular complexity index is 1030. The first-order valence-electron chi connectivity index (χ1n) is 8.95. The molecule has 0 radical (unpaired) electrons. The van der Waals surface area contributed by atoms with Crippen molar-refractivity contribution >= 4 is 16.9 Å². The molecule has 4 N–H and O–H groups in total. The first-order valence-corrected chi connectivity index (χ1v) is 8.95. The SMILES string of the molecule is Cc1cc(=O)oc2cc(O[C@]3(C)OC(C(=O)O)C(C)(O)C(C)(O)C3(C)O)ccc12. The van der Waals surface area contributed by atoms with Gasteiger partial charge in [0.25, 0.3) is 0 Å². The van der Waals surface area contributed by atoms with Crippen LogP contribution in [-0.4, -0.2) is 55.1 Å². The third kappa shape index (κ3) is 2.93. The third-order valence-electron chi connectivity index (χ3n) is 6.13. The molecule has 0 amide bonds. The lowest BCUT2D eigenvalue weighted by molar-refractivity contribution is -0.407. The van der Waals surface area contributed by atoms with Crippen molar-refractivity contribution in [2.45, 2.75) is 63.3 Å². The van der Waals surface area contributed by atoms with E-state index >= 15 is 0 Å². The van der Waals surface area contributed by atoms with Gasteiger partial charge in [-0.3, -0.25) is 0 Å². The molecular weight excluding hydrogens is 384 g/mol. The van der Waals surface area contributed by atoms with Crippen molar-refractivity contribution in [3.63, 3.8) is 0 Å². The fourth-order valence-electron chi connectivity index (χ4n) is 3.65. The summed E-state index contributed by atoms with van der Waals surface area (Å²) in [6.45, 7) is 6.34. The monoisotopic (exact) mass is 408 g/mol. The molecule has 9 heteroatoms. The van der Waals surface area contributed by atoms with Crippen LogP contribution in [0.5, 0.6) is 5.75 Å². The highest BCUT2D eigenvalue weighted by Crippen LogP contribution is 2.49. The van der Waals surface area contributed by atoms with Gasteiger partial charge in [-0.15, -0.1) is 0 Å². The number of carboxylic acids is 1. The smallest absolute Gasteiger partial charge is 0.336 e. The van der Waals surface area contributed by atoms with Crippen molar-refractivity contribution in [2.75, 3.05) is 0 Å². The van der Waals surface area contributed by atoms with Crippen molar-refractivity contribution in [3.05, 3.63) is 40.2 Å². The van der Waals surface area contributed by atoms with E-state index in [9.17, 15) is 30.0 Å². The Labute approximate surface area is 166 Å². The van der Waals surface area contributed by atoms with Crippen molar-refractivity contribution in [3.8, 4) is 5.75 Å². The number of benzene rings is 1. The molecule has 2 heterocycles. The minimum atomic E-state index is -2.34. The molecule has 4 unspecified atom stereocenters. The standard InChI is InChI=1S/C20H24O9/c1-10-8-14(21)27-13-9-11(6-7-12(10)13)28-20(5)19(4,26)18(3,25)17(2,24)15(29-20)16(22)23/h6-9,15,24-26H,1-5H3,(H,22,23)/t15?,17?,18?,19?,20-/m1/s1. The predicted octanol–water partition coefficient (Wildman–Crippen LogP) is 0.933. The molecule has 9 nitrogen and oxygen atoms in total. The van der Waals surface area contributed by atoms with E-state index in [0.717, 1.165) is 13.8 Å². The maximum Gasteiger partial charge on any atom is 0.336 e. The highest BCUT2D eigenvalue weighted by atomic mass is 16.7. The highest BCUT2D eigenvalue weighted by molar-refractivity contribution is 5.81. The van der Waals surface area contributed by atoms with Gasteiger partial charge in [0.2, 0.25) is 5.79 Å². The van der Waals surface area contributed by atoms with Gasteiger partial charge in [-0.1, -0.05) is 0 Å². The molecule has 1 aromatic heterocycles. The van der Waals surface area contributed by atoms with Crippen LogP contribution in [0.15, 0.2) is 33.5 Å². The van der Waals surface area contributed by atoms with E-state index in [-0.39, 0.29) is 11.3 Å². The van der Waals surface area contributed by atoms with Crippen molar-refractivity contribution in [2.24, 2.45) is 0 Å². The lowest BCUT2D eigenvalue weighted by Gasteiger charge is -2.60. The molecule has 1 aliphatic rings. The van der Waals surface area contributed by atoms with Gasteiger partial charge in [0, 0.05) is 24.4 Å². The van der Waals surface area contributed by atoms with Crippen LogP contribution in [0.25, 0.3) is 11.0 Å². The highest BCUT2D eigenvalue weighted by Gasteiger charge is 2.73. The summed E-state index contributed by atoms with van der Waals surface area (Å²) < 4.78 is 16.4. The summed E-state index contributed by atoms with van der Waals surface area (Å²) in [5.74, 6) is -3.53. The van der Waals surface area contributed by atoms with Gasteiger partial charge >= 0.3 is 11.6 Å². The van der Waals surface area contributed by atoms with E-state index in [4.69, 9.17) is 13.9 Å². The molecule has 5 atom stereocenters. The first-order chi connectivity index (χ1) is 13.1. The number of hydrogen-bond donors (Lipinski definition) is 4. The molecule has 1 fully saturated rings. The molecule has 0 saturated carbocycles. The first kappa shape index (κ1) is 21.3. The van der Waals surface area contributed by atoms with Crippen molar-refractivity contribution in [1.82, 2.24) is 0 Å². The summed E-state index contributed by atoms with van der Waals surface area (Å²) in [5, 5.41) is 42.8. The number of ether oxygens (including phenoxy) is 2. The Kier molecular flexibility index (Phi) is 4.59. The van der Waals surface area contributed by atoms with Crippen LogP contribution in [0, 0.1) is 6.92 Å². The molecule has 29 heavy (non-hydrogen) atoms. The van der Waals surface area contributed by atoms with Gasteiger partial charge in [-0.25, -0.2) is 9.59 Å². The minimum absolute atomic E-state index is 0.0931. The van der Waals surface area contributed by atoms with Gasteiger partial charge in [0.05, 0.1) is 0 Å². The maximum absolute atomic E-state index is 11.7. The van der Waals surface area contributed by atoms with Gasteiger partial charge in [0.1, 0.15) is 22.5 Å². The van der Waals surface area contributed by atoms with Crippen LogP contribution >= 0.6 is 0 Å². The van der Waals surface area contributed by atoms with Gasteiger partial charge in [-0.05, 0) is 45.4 Å². The van der Waals surface area contributed by atoms with Gasteiger partial charge in [-0.2, -0.15) is 0 Å². The number of hydrogen-bond acceptors (Lipinski definition) is 8. The minimum Gasteiger partial charge on any atom is -0.479 e. The quantitative estimate of drug-likeness (QED) is 0.545. The molecule has 1 aromatic carbocycles. The van der Waals surface area contributed by atoms with E-state index < -0.39 is 40.3 Å². The molecule has 1 aliphatic heterocycles. The third-order valence-corrected chi connectivity index (χ3v) is 6.13. The summed E-state index contributed by atoms with van der Waals surface area (Å²) >= 11 is 0. The molecule has 3 rings (SSSR count). The van der Waals surface area contributed by atoms with Crippen LogP contribution < -0.4 is 10.4 Å². The number of carbonyl (C=O) groups is 1. The van der Waals surface area contributed by atoms with Crippen molar-refractivity contribution in [1.29, 1.82) is 0 Å².